The maximum Gasteiger partial charge on any atom is 0.416 e. The van der Waals surface area contributed by atoms with E-state index >= 15 is 0 Å². The lowest BCUT2D eigenvalue weighted by Gasteiger charge is -2.22. The Kier molecular flexibility index (Phi) is 4.49. The lowest BCUT2D eigenvalue weighted by Crippen LogP contribution is -2.29. The largest absolute Gasteiger partial charge is 0.481 e. The Bertz CT molecular complexity index is 946. The van der Waals surface area contributed by atoms with Crippen molar-refractivity contribution in [2.75, 3.05) is 0 Å². The van der Waals surface area contributed by atoms with Gasteiger partial charge in [-0.2, -0.15) is 17.5 Å². The number of benzene rings is 1. The third-order valence-electron chi connectivity index (χ3n) is 4.09. The summed E-state index contributed by atoms with van der Waals surface area (Å²) in [5, 5.41) is 9.13. The first-order valence-corrected chi connectivity index (χ1v) is 8.88. The van der Waals surface area contributed by atoms with E-state index in [1.54, 1.807) is 12.1 Å². The molecule has 2 heterocycles. The summed E-state index contributed by atoms with van der Waals surface area (Å²) < 4.78 is 65.5. The molecule has 0 fully saturated rings. The van der Waals surface area contributed by atoms with Crippen molar-refractivity contribution in [3.05, 3.63) is 59.4 Å². The maximum absolute atomic E-state index is 13.0. The number of aliphatic carboxylic acids is 1. The van der Waals surface area contributed by atoms with Crippen molar-refractivity contribution in [1.82, 2.24) is 9.29 Å². The van der Waals surface area contributed by atoms with Gasteiger partial charge >= 0.3 is 12.1 Å². The van der Waals surface area contributed by atoms with Crippen LogP contribution in [0.1, 0.15) is 29.2 Å². The molecule has 10 heteroatoms. The van der Waals surface area contributed by atoms with E-state index in [4.69, 9.17) is 5.11 Å². The molecule has 6 nitrogen and oxygen atoms in total. The highest BCUT2D eigenvalue weighted by Crippen LogP contribution is 2.44. The van der Waals surface area contributed by atoms with Crippen molar-refractivity contribution in [3.63, 3.8) is 0 Å². The van der Waals surface area contributed by atoms with Crippen molar-refractivity contribution in [1.29, 1.82) is 0 Å². The molecule has 1 atom stereocenters. The Morgan fingerprint density at radius 3 is 2.42 bits per heavy atom. The van der Waals surface area contributed by atoms with Gasteiger partial charge in [0.25, 0.3) is 0 Å². The maximum atomic E-state index is 13.0. The standard InChI is InChI=1S/C16H13F3N2O4S/c17-16(18,19)11-1-2-14-12(7-11)13(8-15(22)23)21(26(14,24)25)9-10-3-5-20-6-4-10/h1-7,13H,8-9H2,(H,22,23)/t13-/m0/s1. The molecule has 0 radical (unpaired) electrons. The molecule has 2 aromatic rings. The summed E-state index contributed by atoms with van der Waals surface area (Å²) in [5.74, 6) is -1.31. The second-order valence-electron chi connectivity index (χ2n) is 5.77. The smallest absolute Gasteiger partial charge is 0.416 e. The van der Waals surface area contributed by atoms with Gasteiger partial charge in [-0.15, -0.1) is 0 Å². The van der Waals surface area contributed by atoms with Crippen LogP contribution >= 0.6 is 0 Å². The first-order valence-electron chi connectivity index (χ1n) is 7.44. The molecule has 3 rings (SSSR count). The fourth-order valence-electron chi connectivity index (χ4n) is 2.91. The van der Waals surface area contributed by atoms with Crippen LogP contribution in [-0.4, -0.2) is 28.8 Å². The molecule has 0 unspecified atom stereocenters. The number of alkyl halides is 3. The van der Waals surface area contributed by atoms with Crippen LogP contribution in [0.25, 0.3) is 0 Å². The molecule has 0 bridgehead atoms. The van der Waals surface area contributed by atoms with Crippen LogP contribution < -0.4 is 0 Å². The van der Waals surface area contributed by atoms with Gasteiger partial charge in [-0.1, -0.05) is 0 Å². The summed E-state index contributed by atoms with van der Waals surface area (Å²) in [7, 11) is -4.12. The van der Waals surface area contributed by atoms with E-state index in [2.05, 4.69) is 4.98 Å². The number of carboxylic acid groups (broad SMARTS) is 1. The zero-order valence-corrected chi connectivity index (χ0v) is 14.0. The highest BCUT2D eigenvalue weighted by Gasteiger charge is 2.45. The number of pyridine rings is 1. The van der Waals surface area contributed by atoms with Gasteiger partial charge in [-0.25, -0.2) is 8.42 Å². The fraction of sp³-hybridized carbons (Fsp3) is 0.250. The number of nitrogens with zero attached hydrogens (tertiary/aromatic N) is 2. The average molecular weight is 386 g/mol. The van der Waals surface area contributed by atoms with Crippen molar-refractivity contribution in [3.8, 4) is 0 Å². The topological polar surface area (TPSA) is 87.6 Å². The van der Waals surface area contributed by atoms with Gasteiger partial charge < -0.3 is 5.11 Å². The Hall–Kier alpha value is -2.46. The van der Waals surface area contributed by atoms with Gasteiger partial charge in [0.15, 0.2) is 0 Å². The zero-order chi connectivity index (χ0) is 19.1. The molecule has 0 saturated carbocycles. The van der Waals surface area contributed by atoms with E-state index < -0.39 is 40.2 Å². The minimum atomic E-state index is -4.66. The van der Waals surface area contributed by atoms with Crippen molar-refractivity contribution in [2.45, 2.75) is 30.1 Å². The summed E-state index contributed by atoms with van der Waals surface area (Å²) in [6.45, 7) is -0.168. The van der Waals surface area contributed by atoms with Gasteiger partial charge in [-0.05, 0) is 41.5 Å². The SMILES string of the molecule is O=C(O)C[C@H]1c2cc(C(F)(F)F)ccc2S(=O)(=O)N1Cc1ccncc1. The molecule has 0 spiro atoms. The van der Waals surface area contributed by atoms with Crippen LogP contribution in [0.3, 0.4) is 0 Å². The van der Waals surface area contributed by atoms with Crippen LogP contribution in [0.2, 0.25) is 0 Å². The van der Waals surface area contributed by atoms with Gasteiger partial charge in [0.05, 0.1) is 22.9 Å². The number of aromatic nitrogens is 1. The van der Waals surface area contributed by atoms with E-state index in [0.29, 0.717) is 17.7 Å². The first kappa shape index (κ1) is 18.3. The second kappa shape index (κ2) is 6.36. The Balaban J connectivity index is 2.11. The highest BCUT2D eigenvalue weighted by molar-refractivity contribution is 7.89. The van der Waals surface area contributed by atoms with E-state index in [-0.39, 0.29) is 17.0 Å². The lowest BCUT2D eigenvalue weighted by molar-refractivity contribution is -0.138. The van der Waals surface area contributed by atoms with Crippen LogP contribution in [0.5, 0.6) is 0 Å². The van der Waals surface area contributed by atoms with Crippen LogP contribution in [0.4, 0.5) is 13.2 Å². The van der Waals surface area contributed by atoms with E-state index in [0.717, 1.165) is 10.4 Å². The third kappa shape index (κ3) is 3.29. The lowest BCUT2D eigenvalue weighted by atomic mass is 10.0. The number of carbonyl (C=O) groups is 1. The third-order valence-corrected chi connectivity index (χ3v) is 6.01. The van der Waals surface area contributed by atoms with Gasteiger partial charge in [-0.3, -0.25) is 9.78 Å². The van der Waals surface area contributed by atoms with Crippen LogP contribution in [0, 0.1) is 0 Å². The molecule has 1 aromatic heterocycles. The number of carboxylic acids is 1. The quantitative estimate of drug-likeness (QED) is 0.873. The Labute approximate surface area is 146 Å². The molecule has 0 aliphatic carbocycles. The Morgan fingerprint density at radius 1 is 1.19 bits per heavy atom. The molecular weight excluding hydrogens is 373 g/mol. The zero-order valence-electron chi connectivity index (χ0n) is 13.1. The molecular formula is C16H13F3N2O4S. The molecule has 0 saturated heterocycles. The number of rotatable bonds is 4. The van der Waals surface area contributed by atoms with E-state index in [1.165, 1.54) is 12.4 Å². The summed E-state index contributed by atoms with van der Waals surface area (Å²) in [6, 6.07) is 4.17. The first-order chi connectivity index (χ1) is 12.1. The average Bonchev–Trinajstić information content (AvgIpc) is 2.76. The second-order valence-corrected chi connectivity index (χ2v) is 7.63. The highest BCUT2D eigenvalue weighted by atomic mass is 32.2. The number of fused-ring (bicyclic) bond motifs is 1. The molecule has 1 N–H and O–H groups in total. The van der Waals surface area contributed by atoms with Crippen molar-refractivity contribution >= 4 is 16.0 Å². The molecule has 1 aromatic carbocycles. The predicted molar refractivity (Wildman–Crippen MR) is 83.4 cm³/mol. The number of halogens is 3. The summed E-state index contributed by atoms with van der Waals surface area (Å²) >= 11 is 0. The number of hydrogen-bond acceptors (Lipinski definition) is 4. The normalized spacial score (nSPS) is 19.3. The van der Waals surface area contributed by atoms with Crippen LogP contribution in [0.15, 0.2) is 47.6 Å². The molecule has 138 valence electrons. The summed E-state index contributed by atoms with van der Waals surface area (Å²) in [4.78, 5) is 14.7. The van der Waals surface area contributed by atoms with Crippen molar-refractivity contribution in [2.24, 2.45) is 0 Å². The number of hydrogen-bond donors (Lipinski definition) is 1. The molecule has 26 heavy (non-hydrogen) atoms. The monoisotopic (exact) mass is 386 g/mol. The fourth-order valence-corrected chi connectivity index (χ4v) is 4.74. The minimum Gasteiger partial charge on any atom is -0.481 e. The van der Waals surface area contributed by atoms with Crippen molar-refractivity contribution < 1.29 is 31.5 Å². The molecule has 0 amide bonds. The van der Waals surface area contributed by atoms with Gasteiger partial charge in [0.2, 0.25) is 10.0 Å². The van der Waals surface area contributed by atoms with Gasteiger partial charge in [0.1, 0.15) is 0 Å². The molecule has 1 aliphatic heterocycles. The van der Waals surface area contributed by atoms with Crippen LogP contribution in [-0.2, 0) is 27.5 Å². The number of sulfonamides is 1. The molecule has 1 aliphatic rings. The predicted octanol–water partition coefficient (Wildman–Crippen LogP) is 2.82. The van der Waals surface area contributed by atoms with Gasteiger partial charge in [0, 0.05) is 18.9 Å². The summed E-state index contributed by atoms with van der Waals surface area (Å²) in [5.41, 5.74) is -0.633. The van der Waals surface area contributed by atoms with E-state index in [9.17, 15) is 26.4 Å². The summed E-state index contributed by atoms with van der Waals surface area (Å²) in [6.07, 6.45) is -2.41. The van der Waals surface area contributed by atoms with E-state index in [1.807, 2.05) is 0 Å². The Morgan fingerprint density at radius 2 is 1.85 bits per heavy atom. The minimum absolute atomic E-state index is 0.156.